The topological polar surface area (TPSA) is 91.8 Å². The summed E-state index contributed by atoms with van der Waals surface area (Å²) in [5.74, 6) is 0.333. The molecule has 3 amide bonds. The number of imide groups is 1. The average Bonchev–Trinajstić information content (AvgIpc) is 3.15. The van der Waals surface area contributed by atoms with Crippen LogP contribution in [-0.2, 0) is 22.7 Å². The van der Waals surface area contributed by atoms with Gasteiger partial charge in [0.25, 0.3) is 5.91 Å². The molecule has 172 valence electrons. The van der Waals surface area contributed by atoms with Gasteiger partial charge in [0.2, 0.25) is 17.7 Å². The van der Waals surface area contributed by atoms with Gasteiger partial charge in [-0.15, -0.1) is 0 Å². The fourth-order valence-corrected chi connectivity index (χ4v) is 5.16. The van der Waals surface area contributed by atoms with Crippen LogP contribution in [0.5, 0.6) is 5.88 Å². The van der Waals surface area contributed by atoms with E-state index in [1.807, 2.05) is 24.3 Å². The predicted octanol–water partition coefficient (Wildman–Crippen LogP) is 2.23. The van der Waals surface area contributed by atoms with Crippen molar-refractivity contribution in [3.05, 3.63) is 58.8 Å². The van der Waals surface area contributed by atoms with E-state index < -0.39 is 6.04 Å². The monoisotopic (exact) mass is 448 g/mol. The zero-order chi connectivity index (χ0) is 22.9. The number of nitrogens with one attached hydrogen (secondary N) is 1. The lowest BCUT2D eigenvalue weighted by molar-refractivity contribution is -0.136. The van der Waals surface area contributed by atoms with Crippen LogP contribution < -0.4 is 10.1 Å². The molecule has 33 heavy (non-hydrogen) atoms. The van der Waals surface area contributed by atoms with Crippen LogP contribution in [-0.4, -0.2) is 58.7 Å². The second-order valence-electron chi connectivity index (χ2n) is 9.04. The van der Waals surface area contributed by atoms with Gasteiger partial charge in [0.05, 0.1) is 12.8 Å². The second kappa shape index (κ2) is 8.94. The molecule has 2 aromatic rings. The number of carbonyl (C=O) groups is 3. The molecule has 2 saturated heterocycles. The fraction of sp³-hybridized carbons (Fsp3) is 0.440. The van der Waals surface area contributed by atoms with E-state index in [0.29, 0.717) is 30.3 Å². The number of hydrogen-bond donors (Lipinski definition) is 1. The van der Waals surface area contributed by atoms with Crippen LogP contribution in [0.2, 0.25) is 0 Å². The highest BCUT2D eigenvalue weighted by atomic mass is 16.5. The molecule has 1 atom stereocenters. The van der Waals surface area contributed by atoms with Crippen molar-refractivity contribution in [1.82, 2.24) is 20.1 Å². The van der Waals surface area contributed by atoms with Crippen LogP contribution in [0.3, 0.4) is 0 Å². The summed E-state index contributed by atoms with van der Waals surface area (Å²) in [4.78, 5) is 45.2. The summed E-state index contributed by atoms with van der Waals surface area (Å²) < 4.78 is 5.23. The molecular formula is C25H28N4O4. The number of aromatic nitrogens is 1. The molecule has 3 aliphatic rings. The Kier molecular flexibility index (Phi) is 5.85. The number of benzene rings is 1. The molecule has 2 fully saturated rings. The smallest absolute Gasteiger partial charge is 0.255 e. The first kappa shape index (κ1) is 21.6. The average molecular weight is 449 g/mol. The number of piperidine rings is 2. The van der Waals surface area contributed by atoms with E-state index in [1.165, 1.54) is 5.56 Å². The van der Waals surface area contributed by atoms with Crippen LogP contribution in [0.1, 0.15) is 58.8 Å². The Bertz CT molecular complexity index is 1090. The van der Waals surface area contributed by atoms with Crippen LogP contribution in [0.4, 0.5) is 0 Å². The number of nitrogens with zero attached hydrogens (tertiary/aromatic N) is 3. The van der Waals surface area contributed by atoms with Gasteiger partial charge >= 0.3 is 0 Å². The number of methoxy groups -OCH3 is 1. The highest BCUT2D eigenvalue weighted by Gasteiger charge is 2.39. The molecule has 8 heteroatoms. The van der Waals surface area contributed by atoms with Gasteiger partial charge < -0.3 is 9.64 Å². The lowest BCUT2D eigenvalue weighted by Crippen LogP contribution is -2.52. The maximum Gasteiger partial charge on any atom is 0.255 e. The van der Waals surface area contributed by atoms with Gasteiger partial charge in [-0.1, -0.05) is 18.2 Å². The Morgan fingerprint density at radius 3 is 2.67 bits per heavy atom. The number of rotatable bonds is 5. The highest BCUT2D eigenvalue weighted by Crippen LogP contribution is 2.33. The minimum absolute atomic E-state index is 0.119. The molecule has 1 unspecified atom stereocenters. The lowest BCUT2D eigenvalue weighted by atomic mass is 9.88. The van der Waals surface area contributed by atoms with E-state index >= 15 is 0 Å². The van der Waals surface area contributed by atoms with E-state index in [4.69, 9.17) is 4.74 Å². The Hall–Kier alpha value is -3.26. The van der Waals surface area contributed by atoms with E-state index in [9.17, 15) is 14.4 Å². The molecule has 4 heterocycles. The van der Waals surface area contributed by atoms with Gasteiger partial charge in [-0.2, -0.15) is 0 Å². The SMILES string of the molecule is COc1cccc(CN2CCC(c3ccc4c(c3)CN(C3CCC(=O)NC3=O)C4=O)CC2)n1. The van der Waals surface area contributed by atoms with Gasteiger partial charge in [-0.3, -0.25) is 24.6 Å². The van der Waals surface area contributed by atoms with Crippen LogP contribution in [0.25, 0.3) is 0 Å². The number of likely N-dealkylation sites (tertiary alicyclic amines) is 1. The Balaban J connectivity index is 1.22. The molecular weight excluding hydrogens is 420 g/mol. The van der Waals surface area contributed by atoms with Crippen molar-refractivity contribution < 1.29 is 19.1 Å². The summed E-state index contributed by atoms with van der Waals surface area (Å²) in [6, 6.07) is 11.4. The first-order valence-corrected chi connectivity index (χ1v) is 11.5. The minimum atomic E-state index is -0.570. The standard InChI is InChI=1S/C25H28N4O4/c1-33-23-4-2-3-19(26-23)15-28-11-9-16(10-12-28)17-5-6-20-18(13-17)14-29(25(20)32)21-7-8-22(30)27-24(21)31/h2-6,13,16,21H,7-12,14-15H2,1H3,(H,27,30,31). The Morgan fingerprint density at radius 1 is 1.09 bits per heavy atom. The molecule has 1 N–H and O–H groups in total. The van der Waals surface area contributed by atoms with Crippen LogP contribution in [0.15, 0.2) is 36.4 Å². The second-order valence-corrected chi connectivity index (χ2v) is 9.04. The molecule has 5 rings (SSSR count). The van der Waals surface area contributed by atoms with Crippen molar-refractivity contribution in [3.63, 3.8) is 0 Å². The van der Waals surface area contributed by atoms with Crippen molar-refractivity contribution in [2.45, 2.75) is 50.7 Å². The van der Waals surface area contributed by atoms with E-state index in [0.717, 1.165) is 43.7 Å². The highest BCUT2D eigenvalue weighted by molar-refractivity contribution is 6.05. The van der Waals surface area contributed by atoms with Crippen LogP contribution >= 0.6 is 0 Å². The molecule has 1 aromatic heterocycles. The zero-order valence-corrected chi connectivity index (χ0v) is 18.8. The molecule has 0 spiro atoms. The third-order valence-corrected chi connectivity index (χ3v) is 6.98. The van der Waals surface area contributed by atoms with E-state index in [-0.39, 0.29) is 24.1 Å². The molecule has 0 aliphatic carbocycles. The first-order valence-electron chi connectivity index (χ1n) is 11.5. The fourth-order valence-electron chi connectivity index (χ4n) is 5.16. The maximum absolute atomic E-state index is 12.9. The number of ether oxygens (including phenoxy) is 1. The van der Waals surface area contributed by atoms with Gasteiger partial charge in [0.15, 0.2) is 0 Å². The zero-order valence-electron chi connectivity index (χ0n) is 18.8. The van der Waals surface area contributed by atoms with Crippen molar-refractivity contribution in [2.24, 2.45) is 0 Å². The van der Waals surface area contributed by atoms with Crippen molar-refractivity contribution >= 4 is 17.7 Å². The lowest BCUT2D eigenvalue weighted by Gasteiger charge is -2.32. The minimum Gasteiger partial charge on any atom is -0.481 e. The largest absolute Gasteiger partial charge is 0.481 e. The molecule has 0 bridgehead atoms. The van der Waals surface area contributed by atoms with E-state index in [1.54, 1.807) is 12.0 Å². The molecule has 3 aliphatic heterocycles. The van der Waals surface area contributed by atoms with Crippen LogP contribution in [0, 0.1) is 0 Å². The van der Waals surface area contributed by atoms with Crippen molar-refractivity contribution in [1.29, 1.82) is 0 Å². The van der Waals surface area contributed by atoms with Crippen molar-refractivity contribution in [2.75, 3.05) is 20.2 Å². The maximum atomic E-state index is 12.9. The van der Waals surface area contributed by atoms with Gasteiger partial charge in [0, 0.05) is 31.1 Å². The number of amides is 3. The number of hydrogen-bond acceptors (Lipinski definition) is 6. The normalized spacial score (nSPS) is 21.8. The van der Waals surface area contributed by atoms with E-state index in [2.05, 4.69) is 27.3 Å². The first-order chi connectivity index (χ1) is 16.0. The number of carbonyl (C=O) groups excluding carboxylic acids is 3. The summed E-state index contributed by atoms with van der Waals surface area (Å²) in [5, 5.41) is 2.36. The van der Waals surface area contributed by atoms with Gasteiger partial charge in [0.1, 0.15) is 6.04 Å². The third-order valence-electron chi connectivity index (χ3n) is 6.98. The summed E-state index contributed by atoms with van der Waals surface area (Å²) in [5.41, 5.74) is 3.92. The Labute approximate surface area is 192 Å². The quantitative estimate of drug-likeness (QED) is 0.706. The molecule has 8 nitrogen and oxygen atoms in total. The number of pyridine rings is 1. The predicted molar refractivity (Wildman–Crippen MR) is 121 cm³/mol. The summed E-state index contributed by atoms with van der Waals surface area (Å²) in [6.45, 7) is 3.21. The molecule has 0 saturated carbocycles. The third kappa shape index (κ3) is 4.35. The van der Waals surface area contributed by atoms with Gasteiger partial charge in [-0.25, -0.2) is 4.98 Å². The summed E-state index contributed by atoms with van der Waals surface area (Å²) >= 11 is 0. The van der Waals surface area contributed by atoms with Crippen molar-refractivity contribution in [3.8, 4) is 5.88 Å². The molecule has 1 aromatic carbocycles. The van der Waals surface area contributed by atoms with Gasteiger partial charge in [-0.05, 0) is 61.5 Å². The summed E-state index contributed by atoms with van der Waals surface area (Å²) in [6.07, 6.45) is 2.75. The summed E-state index contributed by atoms with van der Waals surface area (Å²) in [7, 11) is 1.63. The number of fused-ring (bicyclic) bond motifs is 1. The molecule has 0 radical (unpaired) electrons. The Morgan fingerprint density at radius 2 is 1.91 bits per heavy atom.